The maximum absolute atomic E-state index is 11.9. The summed E-state index contributed by atoms with van der Waals surface area (Å²) in [5.41, 5.74) is 7.52. The minimum Gasteiger partial charge on any atom is -0.319 e. The lowest BCUT2D eigenvalue weighted by molar-refractivity contribution is 0.285. The van der Waals surface area contributed by atoms with Crippen LogP contribution in [0.5, 0.6) is 0 Å². The van der Waals surface area contributed by atoms with Crippen LogP contribution in [0.1, 0.15) is 56.1 Å². The molecule has 1 saturated carbocycles. The maximum Gasteiger partial charge on any atom is 0.254 e. The third kappa shape index (κ3) is 2.27. The van der Waals surface area contributed by atoms with E-state index in [0.29, 0.717) is 5.82 Å². The summed E-state index contributed by atoms with van der Waals surface area (Å²) in [6.45, 7) is 3.83. The smallest absolute Gasteiger partial charge is 0.254 e. The van der Waals surface area contributed by atoms with Gasteiger partial charge in [0.15, 0.2) is 0 Å². The van der Waals surface area contributed by atoms with Crippen molar-refractivity contribution in [2.45, 2.75) is 57.9 Å². The van der Waals surface area contributed by atoms with Gasteiger partial charge in [-0.2, -0.15) is 0 Å². The molecule has 0 saturated heterocycles. The van der Waals surface area contributed by atoms with Crippen LogP contribution in [-0.4, -0.2) is 9.97 Å². The number of nitrogens with two attached hydrogens (primary N) is 1. The molecular formula is C13H21N3O. The van der Waals surface area contributed by atoms with Gasteiger partial charge < -0.3 is 10.7 Å². The summed E-state index contributed by atoms with van der Waals surface area (Å²) in [7, 11) is 0. The van der Waals surface area contributed by atoms with Crippen LogP contribution in [0.3, 0.4) is 0 Å². The van der Waals surface area contributed by atoms with E-state index in [1.807, 2.05) is 13.8 Å². The monoisotopic (exact) mass is 235 g/mol. The first-order chi connectivity index (χ1) is 8.07. The molecule has 0 atom stereocenters. The van der Waals surface area contributed by atoms with E-state index < -0.39 is 5.54 Å². The Morgan fingerprint density at radius 3 is 2.59 bits per heavy atom. The highest BCUT2D eigenvalue weighted by Crippen LogP contribution is 2.32. The van der Waals surface area contributed by atoms with E-state index in [9.17, 15) is 4.79 Å². The summed E-state index contributed by atoms with van der Waals surface area (Å²) >= 11 is 0. The van der Waals surface area contributed by atoms with Gasteiger partial charge in [-0.25, -0.2) is 4.98 Å². The molecule has 1 fully saturated rings. The van der Waals surface area contributed by atoms with E-state index in [1.54, 1.807) is 0 Å². The average molecular weight is 235 g/mol. The number of nitrogens with zero attached hydrogens (tertiary/aromatic N) is 1. The molecule has 1 aliphatic rings. The Bertz CT molecular complexity index is 458. The van der Waals surface area contributed by atoms with E-state index in [-0.39, 0.29) is 5.56 Å². The first kappa shape index (κ1) is 12.3. The van der Waals surface area contributed by atoms with Crippen LogP contribution in [0.25, 0.3) is 0 Å². The molecule has 0 radical (unpaired) electrons. The SMILES string of the molecule is CCc1nc(C2(N)CCCCC2)[nH]c(=O)c1C. The molecular weight excluding hydrogens is 214 g/mol. The Kier molecular flexibility index (Phi) is 3.33. The second-order valence-electron chi connectivity index (χ2n) is 5.06. The Hall–Kier alpha value is -1.16. The minimum atomic E-state index is -0.422. The summed E-state index contributed by atoms with van der Waals surface area (Å²) in [6.07, 6.45) is 6.09. The molecule has 17 heavy (non-hydrogen) atoms. The summed E-state index contributed by atoms with van der Waals surface area (Å²) in [5, 5.41) is 0. The standard InChI is InChI=1S/C13H21N3O/c1-3-10-9(2)11(17)16-12(15-10)13(14)7-5-4-6-8-13/h3-8,14H2,1-2H3,(H,15,16,17). The van der Waals surface area contributed by atoms with Crippen molar-refractivity contribution in [2.75, 3.05) is 0 Å². The fraction of sp³-hybridized carbons (Fsp3) is 0.692. The number of rotatable bonds is 2. The van der Waals surface area contributed by atoms with E-state index in [1.165, 1.54) is 6.42 Å². The van der Waals surface area contributed by atoms with Crippen molar-refractivity contribution in [3.05, 3.63) is 27.4 Å². The largest absolute Gasteiger partial charge is 0.319 e. The molecule has 1 heterocycles. The van der Waals surface area contributed by atoms with Crippen molar-refractivity contribution < 1.29 is 0 Å². The summed E-state index contributed by atoms with van der Waals surface area (Å²) < 4.78 is 0. The van der Waals surface area contributed by atoms with E-state index in [4.69, 9.17) is 5.73 Å². The van der Waals surface area contributed by atoms with Crippen molar-refractivity contribution in [3.8, 4) is 0 Å². The van der Waals surface area contributed by atoms with Crippen LogP contribution in [0.2, 0.25) is 0 Å². The van der Waals surface area contributed by atoms with Gasteiger partial charge in [-0.3, -0.25) is 4.79 Å². The molecule has 0 spiro atoms. The number of hydrogen-bond donors (Lipinski definition) is 2. The molecule has 1 aromatic rings. The Morgan fingerprint density at radius 1 is 1.35 bits per heavy atom. The van der Waals surface area contributed by atoms with Crippen LogP contribution in [0.15, 0.2) is 4.79 Å². The molecule has 94 valence electrons. The summed E-state index contributed by atoms with van der Waals surface area (Å²) in [6, 6.07) is 0. The fourth-order valence-electron chi connectivity index (χ4n) is 2.58. The summed E-state index contributed by atoms with van der Waals surface area (Å²) in [4.78, 5) is 19.3. The Morgan fingerprint density at radius 2 is 2.00 bits per heavy atom. The van der Waals surface area contributed by atoms with Crippen LogP contribution >= 0.6 is 0 Å². The number of H-pyrrole nitrogens is 1. The number of aromatic nitrogens is 2. The van der Waals surface area contributed by atoms with Gasteiger partial charge in [0.05, 0.1) is 11.2 Å². The van der Waals surface area contributed by atoms with Gasteiger partial charge in [0.2, 0.25) is 0 Å². The third-order valence-electron chi connectivity index (χ3n) is 3.80. The molecule has 2 rings (SSSR count). The topological polar surface area (TPSA) is 71.8 Å². The quantitative estimate of drug-likeness (QED) is 0.820. The highest BCUT2D eigenvalue weighted by Gasteiger charge is 2.32. The minimum absolute atomic E-state index is 0.0396. The molecule has 4 nitrogen and oxygen atoms in total. The fourth-order valence-corrected chi connectivity index (χ4v) is 2.58. The van der Waals surface area contributed by atoms with E-state index in [0.717, 1.165) is 43.4 Å². The third-order valence-corrected chi connectivity index (χ3v) is 3.80. The first-order valence-corrected chi connectivity index (χ1v) is 6.46. The second-order valence-corrected chi connectivity index (χ2v) is 5.06. The van der Waals surface area contributed by atoms with Crippen LogP contribution in [0, 0.1) is 6.92 Å². The van der Waals surface area contributed by atoms with Gasteiger partial charge >= 0.3 is 0 Å². The van der Waals surface area contributed by atoms with Crippen molar-refractivity contribution in [3.63, 3.8) is 0 Å². The molecule has 0 unspecified atom stereocenters. The Balaban J connectivity index is 2.45. The first-order valence-electron chi connectivity index (χ1n) is 6.46. The van der Waals surface area contributed by atoms with Crippen LogP contribution < -0.4 is 11.3 Å². The number of aryl methyl sites for hydroxylation is 1. The number of hydrogen-bond acceptors (Lipinski definition) is 3. The molecule has 1 aliphatic carbocycles. The molecule has 3 N–H and O–H groups in total. The van der Waals surface area contributed by atoms with Crippen molar-refractivity contribution in [1.29, 1.82) is 0 Å². The van der Waals surface area contributed by atoms with Crippen molar-refractivity contribution >= 4 is 0 Å². The normalized spacial score (nSPS) is 19.2. The molecule has 1 aromatic heterocycles. The zero-order valence-corrected chi connectivity index (χ0v) is 10.7. The zero-order valence-electron chi connectivity index (χ0n) is 10.7. The lowest BCUT2D eigenvalue weighted by atomic mass is 9.82. The van der Waals surface area contributed by atoms with Crippen molar-refractivity contribution in [1.82, 2.24) is 9.97 Å². The van der Waals surface area contributed by atoms with E-state index >= 15 is 0 Å². The molecule has 0 aromatic carbocycles. The molecule has 0 amide bonds. The number of nitrogens with one attached hydrogen (secondary N) is 1. The second kappa shape index (κ2) is 4.61. The molecule has 0 aliphatic heterocycles. The predicted octanol–water partition coefficient (Wildman–Crippen LogP) is 1.76. The summed E-state index contributed by atoms with van der Waals surface area (Å²) in [5.74, 6) is 0.685. The van der Waals surface area contributed by atoms with Gasteiger partial charge in [0.25, 0.3) is 5.56 Å². The van der Waals surface area contributed by atoms with Gasteiger partial charge in [-0.15, -0.1) is 0 Å². The van der Waals surface area contributed by atoms with E-state index in [2.05, 4.69) is 9.97 Å². The highest BCUT2D eigenvalue weighted by atomic mass is 16.1. The zero-order chi connectivity index (χ0) is 12.5. The van der Waals surface area contributed by atoms with Crippen LogP contribution in [-0.2, 0) is 12.0 Å². The van der Waals surface area contributed by atoms with Crippen molar-refractivity contribution in [2.24, 2.45) is 5.73 Å². The maximum atomic E-state index is 11.9. The van der Waals surface area contributed by atoms with Gasteiger partial charge in [0, 0.05) is 5.56 Å². The predicted molar refractivity (Wildman–Crippen MR) is 67.9 cm³/mol. The lowest BCUT2D eigenvalue weighted by Gasteiger charge is -2.32. The Labute approximate surface area is 102 Å². The lowest BCUT2D eigenvalue weighted by Crippen LogP contribution is -2.42. The average Bonchev–Trinajstić information content (AvgIpc) is 2.33. The van der Waals surface area contributed by atoms with Gasteiger partial charge in [0.1, 0.15) is 5.82 Å². The molecule has 4 heteroatoms. The van der Waals surface area contributed by atoms with Crippen LogP contribution in [0.4, 0.5) is 0 Å². The van der Waals surface area contributed by atoms with Gasteiger partial charge in [-0.05, 0) is 26.2 Å². The highest BCUT2D eigenvalue weighted by molar-refractivity contribution is 5.19. The number of aromatic amines is 1. The molecule has 0 bridgehead atoms. The van der Waals surface area contributed by atoms with Gasteiger partial charge in [-0.1, -0.05) is 26.2 Å².